The average Bonchev–Trinajstić information content (AvgIpc) is 2.82. The van der Waals surface area contributed by atoms with E-state index in [0.29, 0.717) is 25.8 Å². The molecule has 0 radical (unpaired) electrons. The van der Waals surface area contributed by atoms with E-state index in [-0.39, 0.29) is 24.1 Å². The van der Waals surface area contributed by atoms with Crippen LogP contribution in [0.5, 0.6) is 0 Å². The number of carbonyl (C=O) groups excluding carboxylic acids is 3. The summed E-state index contributed by atoms with van der Waals surface area (Å²) in [5.74, 6) is -1.57. The van der Waals surface area contributed by atoms with Gasteiger partial charge in [-0.15, -0.1) is 0 Å². The number of amidine groups is 1. The van der Waals surface area contributed by atoms with Crippen LogP contribution in [0.4, 0.5) is 4.79 Å². The molecule has 0 saturated carbocycles. The van der Waals surface area contributed by atoms with Crippen LogP contribution in [-0.2, 0) is 19.1 Å². The highest BCUT2D eigenvalue weighted by atomic mass is 16.6. The summed E-state index contributed by atoms with van der Waals surface area (Å²) in [5, 5.41) is 11.7. The van der Waals surface area contributed by atoms with E-state index in [1.54, 1.807) is 20.8 Å². The number of carbonyl (C=O) groups is 4. The Bertz CT molecular complexity index is 630. The molecular formula is C18H27N3O6. The van der Waals surface area contributed by atoms with Crippen LogP contribution in [0, 0.1) is 0 Å². The van der Waals surface area contributed by atoms with Gasteiger partial charge in [0.25, 0.3) is 11.8 Å². The second-order valence-corrected chi connectivity index (χ2v) is 7.21. The number of carboxylic acids is 1. The number of nitrogens with one attached hydrogen (secondary N) is 1. The lowest BCUT2D eigenvalue weighted by Gasteiger charge is -2.19. The highest BCUT2D eigenvalue weighted by Gasteiger charge is 2.23. The molecule has 0 fully saturated rings. The van der Waals surface area contributed by atoms with Crippen LogP contribution in [0.15, 0.2) is 17.1 Å². The number of imide groups is 1. The number of hydrogen-bond acceptors (Lipinski definition) is 6. The quantitative estimate of drug-likeness (QED) is 0.286. The van der Waals surface area contributed by atoms with Crippen molar-refractivity contribution in [2.24, 2.45) is 4.99 Å². The van der Waals surface area contributed by atoms with Gasteiger partial charge in [0.15, 0.2) is 0 Å². The van der Waals surface area contributed by atoms with Crippen LogP contribution in [0.2, 0.25) is 0 Å². The van der Waals surface area contributed by atoms with E-state index in [0.717, 1.165) is 4.90 Å². The van der Waals surface area contributed by atoms with E-state index in [1.165, 1.54) is 19.1 Å². The van der Waals surface area contributed by atoms with Crippen LogP contribution in [0.3, 0.4) is 0 Å². The maximum atomic E-state index is 11.7. The molecule has 0 aromatic heterocycles. The zero-order chi connectivity index (χ0) is 20.6. The summed E-state index contributed by atoms with van der Waals surface area (Å²) >= 11 is 0. The SMILES string of the molecule is C/C(=N/C(CCCCCN1C(=O)C=CC1=O)C(=O)O)NC(=O)OC(C)(C)C. The Labute approximate surface area is 158 Å². The molecule has 2 N–H and O–H groups in total. The van der Waals surface area contributed by atoms with Crippen molar-refractivity contribution < 1.29 is 29.0 Å². The zero-order valence-electron chi connectivity index (χ0n) is 16.2. The fourth-order valence-corrected chi connectivity index (χ4v) is 2.40. The maximum Gasteiger partial charge on any atom is 0.413 e. The lowest BCUT2D eigenvalue weighted by atomic mass is 10.1. The first-order valence-corrected chi connectivity index (χ1v) is 8.80. The number of aliphatic imine (C=N–C) groups is 1. The Balaban J connectivity index is 2.40. The Hall–Kier alpha value is -2.71. The molecule has 9 nitrogen and oxygen atoms in total. The van der Waals surface area contributed by atoms with Crippen molar-refractivity contribution in [1.29, 1.82) is 0 Å². The summed E-state index contributed by atoms with van der Waals surface area (Å²) in [6, 6.07) is -0.989. The summed E-state index contributed by atoms with van der Waals surface area (Å²) in [6.07, 6.45) is 3.85. The van der Waals surface area contributed by atoms with Gasteiger partial charge in [0, 0.05) is 18.7 Å². The Morgan fingerprint density at radius 2 is 1.78 bits per heavy atom. The Kier molecular flexibility index (Phi) is 8.14. The standard InChI is InChI=1S/C18H27N3O6/c1-12(20-17(26)27-18(2,3)4)19-13(16(24)25)8-6-5-7-11-21-14(22)9-10-15(21)23/h9-10,13H,5-8,11H2,1-4H3,(H,24,25)(H,19,20,26). The van der Waals surface area contributed by atoms with Crippen LogP contribution < -0.4 is 5.32 Å². The van der Waals surface area contributed by atoms with E-state index in [9.17, 15) is 24.3 Å². The molecule has 1 heterocycles. The van der Waals surface area contributed by atoms with Gasteiger partial charge in [0.2, 0.25) is 0 Å². The summed E-state index contributed by atoms with van der Waals surface area (Å²) in [7, 11) is 0. The summed E-state index contributed by atoms with van der Waals surface area (Å²) in [6.45, 7) is 6.97. The van der Waals surface area contributed by atoms with Gasteiger partial charge in [0.05, 0.1) is 0 Å². The predicted octanol–water partition coefficient (Wildman–Crippen LogP) is 1.87. The second-order valence-electron chi connectivity index (χ2n) is 7.21. The fourth-order valence-electron chi connectivity index (χ4n) is 2.40. The maximum absolute atomic E-state index is 11.7. The van der Waals surface area contributed by atoms with Gasteiger partial charge in [-0.2, -0.15) is 0 Å². The van der Waals surface area contributed by atoms with Crippen molar-refractivity contribution in [3.63, 3.8) is 0 Å². The molecule has 9 heteroatoms. The highest BCUT2D eigenvalue weighted by Crippen LogP contribution is 2.11. The smallest absolute Gasteiger partial charge is 0.413 e. The minimum Gasteiger partial charge on any atom is -0.480 e. The van der Waals surface area contributed by atoms with Crippen molar-refractivity contribution in [3.8, 4) is 0 Å². The number of amides is 3. The lowest BCUT2D eigenvalue weighted by molar-refractivity contribution is -0.139. The first kappa shape index (κ1) is 22.3. The number of unbranched alkanes of at least 4 members (excludes halogenated alkanes) is 2. The van der Waals surface area contributed by atoms with E-state index < -0.39 is 23.7 Å². The molecule has 0 aromatic rings. The van der Waals surface area contributed by atoms with Crippen LogP contribution in [0.25, 0.3) is 0 Å². The number of aliphatic carboxylic acids is 1. The van der Waals surface area contributed by atoms with Crippen LogP contribution >= 0.6 is 0 Å². The Morgan fingerprint density at radius 3 is 2.30 bits per heavy atom. The van der Waals surface area contributed by atoms with Crippen molar-refractivity contribution in [2.75, 3.05) is 6.54 Å². The zero-order valence-corrected chi connectivity index (χ0v) is 16.2. The van der Waals surface area contributed by atoms with Crippen LogP contribution in [0.1, 0.15) is 53.4 Å². The number of ether oxygens (including phenoxy) is 1. The average molecular weight is 381 g/mol. The number of rotatable bonds is 8. The third kappa shape index (κ3) is 8.48. The molecule has 0 spiro atoms. The molecule has 1 rings (SSSR count). The second kappa shape index (κ2) is 9.84. The number of hydrogen-bond donors (Lipinski definition) is 2. The number of nitrogens with zero attached hydrogens (tertiary/aromatic N) is 2. The minimum atomic E-state index is -1.09. The predicted molar refractivity (Wildman–Crippen MR) is 98.2 cm³/mol. The van der Waals surface area contributed by atoms with E-state index >= 15 is 0 Å². The molecule has 3 amide bonds. The largest absolute Gasteiger partial charge is 0.480 e. The van der Waals surface area contributed by atoms with E-state index in [1.807, 2.05) is 0 Å². The van der Waals surface area contributed by atoms with Gasteiger partial charge in [-0.25, -0.2) is 9.59 Å². The number of alkyl carbamates (subject to hydrolysis) is 1. The topological polar surface area (TPSA) is 125 Å². The summed E-state index contributed by atoms with van der Waals surface area (Å²) < 4.78 is 5.09. The number of carboxylic acid groups (broad SMARTS) is 1. The molecule has 1 aliphatic heterocycles. The first-order chi connectivity index (χ1) is 12.5. The highest BCUT2D eigenvalue weighted by molar-refractivity contribution is 6.12. The molecule has 0 aromatic carbocycles. The molecule has 1 aliphatic rings. The molecule has 1 unspecified atom stereocenters. The molecule has 1 atom stereocenters. The third-order valence-electron chi connectivity index (χ3n) is 3.58. The van der Waals surface area contributed by atoms with E-state index in [2.05, 4.69) is 10.3 Å². The van der Waals surface area contributed by atoms with Crippen LogP contribution in [-0.4, -0.2) is 57.9 Å². The van der Waals surface area contributed by atoms with Gasteiger partial charge >= 0.3 is 12.1 Å². The molecule has 0 aliphatic carbocycles. The normalized spacial score (nSPS) is 15.9. The molecular weight excluding hydrogens is 354 g/mol. The van der Waals surface area contributed by atoms with E-state index in [4.69, 9.17) is 4.74 Å². The fraction of sp³-hybridized carbons (Fsp3) is 0.611. The first-order valence-electron chi connectivity index (χ1n) is 8.80. The van der Waals surface area contributed by atoms with Crippen molar-refractivity contribution in [2.45, 2.75) is 65.0 Å². The van der Waals surface area contributed by atoms with Gasteiger partial charge in [0.1, 0.15) is 17.5 Å². The van der Waals surface area contributed by atoms with Crippen molar-refractivity contribution in [1.82, 2.24) is 10.2 Å². The van der Waals surface area contributed by atoms with Gasteiger partial charge in [-0.1, -0.05) is 12.8 Å². The summed E-state index contributed by atoms with van der Waals surface area (Å²) in [4.78, 5) is 51.0. The van der Waals surface area contributed by atoms with Gasteiger partial charge in [-0.3, -0.25) is 24.8 Å². The molecule has 0 saturated heterocycles. The van der Waals surface area contributed by atoms with Gasteiger partial charge in [-0.05, 0) is 40.5 Å². The monoisotopic (exact) mass is 381 g/mol. The molecule has 150 valence electrons. The lowest BCUT2D eigenvalue weighted by Crippen LogP contribution is -2.36. The van der Waals surface area contributed by atoms with Crippen molar-refractivity contribution in [3.05, 3.63) is 12.2 Å². The Morgan fingerprint density at radius 1 is 1.19 bits per heavy atom. The molecule has 27 heavy (non-hydrogen) atoms. The minimum absolute atomic E-state index is 0.163. The van der Waals surface area contributed by atoms with Crippen molar-refractivity contribution >= 4 is 29.7 Å². The third-order valence-corrected chi connectivity index (χ3v) is 3.58. The summed E-state index contributed by atoms with van der Waals surface area (Å²) in [5.41, 5.74) is -0.663. The van der Waals surface area contributed by atoms with Gasteiger partial charge < -0.3 is 9.84 Å². The molecule has 0 bridgehead atoms.